The highest BCUT2D eigenvalue weighted by Gasteiger charge is 2.16. The smallest absolute Gasteiger partial charge is 0.231 e. The number of ether oxygens (including phenoxy) is 3. The third-order valence-electron chi connectivity index (χ3n) is 4.93. The molecule has 0 saturated heterocycles. The summed E-state index contributed by atoms with van der Waals surface area (Å²) < 4.78 is 16.2. The molecule has 5 nitrogen and oxygen atoms in total. The molecule has 0 radical (unpaired) electrons. The molecule has 0 aromatic heterocycles. The summed E-state index contributed by atoms with van der Waals surface area (Å²) in [6.45, 7) is 3.69. The lowest BCUT2D eigenvalue weighted by Gasteiger charge is -2.26. The van der Waals surface area contributed by atoms with Gasteiger partial charge in [-0.15, -0.1) is 0 Å². The minimum Gasteiger partial charge on any atom is -0.497 e. The van der Waals surface area contributed by atoms with Crippen molar-refractivity contribution in [3.8, 4) is 17.2 Å². The van der Waals surface area contributed by atoms with Crippen LogP contribution in [0, 0.1) is 6.92 Å². The van der Waals surface area contributed by atoms with Gasteiger partial charge in [-0.2, -0.15) is 0 Å². The molecule has 1 N–H and O–H groups in total. The first-order valence-electron chi connectivity index (χ1n) is 9.75. The number of methoxy groups -OCH3 is 1. The molecule has 0 bridgehead atoms. The number of anilines is 1. The van der Waals surface area contributed by atoms with E-state index in [1.54, 1.807) is 7.11 Å². The van der Waals surface area contributed by atoms with Crippen LogP contribution < -0.4 is 19.5 Å². The van der Waals surface area contributed by atoms with Gasteiger partial charge < -0.3 is 24.4 Å². The van der Waals surface area contributed by atoms with Gasteiger partial charge in [-0.05, 0) is 66.7 Å². The van der Waals surface area contributed by atoms with Gasteiger partial charge in [0.25, 0.3) is 0 Å². The van der Waals surface area contributed by atoms with E-state index in [2.05, 4.69) is 41.4 Å². The molecule has 0 spiro atoms. The summed E-state index contributed by atoms with van der Waals surface area (Å²) in [5, 5.41) is 3.99. The molecule has 6 heteroatoms. The van der Waals surface area contributed by atoms with E-state index in [4.69, 9.17) is 26.4 Å². The summed E-state index contributed by atoms with van der Waals surface area (Å²) in [7, 11) is 1.65. The lowest BCUT2D eigenvalue weighted by atomic mass is 10.1. The van der Waals surface area contributed by atoms with Crippen LogP contribution in [0.4, 0.5) is 5.69 Å². The second-order valence-electron chi connectivity index (χ2n) is 7.19. The van der Waals surface area contributed by atoms with Crippen LogP contribution in [0.1, 0.15) is 16.7 Å². The van der Waals surface area contributed by atoms with Crippen LogP contribution in [0.15, 0.2) is 66.7 Å². The Hall–Kier alpha value is -3.25. The molecule has 30 heavy (non-hydrogen) atoms. The number of nitrogens with zero attached hydrogens (tertiary/aromatic N) is 1. The first-order valence-corrected chi connectivity index (χ1v) is 10.2. The molecular weight excluding hydrogens is 396 g/mol. The number of fused-ring (bicyclic) bond motifs is 1. The normalized spacial score (nSPS) is 11.8. The van der Waals surface area contributed by atoms with Crippen molar-refractivity contribution in [2.75, 3.05) is 19.2 Å². The molecule has 0 unspecified atom stereocenters. The number of nitrogens with one attached hydrogen (secondary N) is 1. The molecular formula is C24H24N2O3S. The Morgan fingerprint density at radius 2 is 1.60 bits per heavy atom. The lowest BCUT2D eigenvalue weighted by Crippen LogP contribution is -2.33. The van der Waals surface area contributed by atoms with Gasteiger partial charge in [-0.3, -0.25) is 0 Å². The van der Waals surface area contributed by atoms with Gasteiger partial charge in [-0.25, -0.2) is 0 Å². The molecule has 0 aliphatic carbocycles. The molecule has 0 saturated carbocycles. The summed E-state index contributed by atoms with van der Waals surface area (Å²) in [6, 6.07) is 22.2. The van der Waals surface area contributed by atoms with Gasteiger partial charge in [0.15, 0.2) is 16.6 Å². The number of benzene rings is 3. The molecule has 154 valence electrons. The Morgan fingerprint density at radius 1 is 0.933 bits per heavy atom. The van der Waals surface area contributed by atoms with Crippen LogP contribution in [0.5, 0.6) is 17.2 Å². The highest BCUT2D eigenvalue weighted by atomic mass is 32.1. The van der Waals surface area contributed by atoms with Gasteiger partial charge >= 0.3 is 0 Å². The van der Waals surface area contributed by atoms with Crippen molar-refractivity contribution < 1.29 is 14.2 Å². The zero-order valence-corrected chi connectivity index (χ0v) is 17.9. The van der Waals surface area contributed by atoms with E-state index >= 15 is 0 Å². The van der Waals surface area contributed by atoms with Crippen LogP contribution in [-0.2, 0) is 13.1 Å². The number of aryl methyl sites for hydroxylation is 1. The summed E-state index contributed by atoms with van der Waals surface area (Å²) >= 11 is 5.77. The Labute approximate surface area is 182 Å². The first-order chi connectivity index (χ1) is 14.6. The van der Waals surface area contributed by atoms with Crippen LogP contribution >= 0.6 is 12.2 Å². The Kier molecular flexibility index (Phi) is 6.05. The third-order valence-corrected chi connectivity index (χ3v) is 5.29. The quantitative estimate of drug-likeness (QED) is 0.558. The Bertz CT molecular complexity index is 1020. The minimum atomic E-state index is 0.267. The van der Waals surface area contributed by atoms with Gasteiger partial charge in [-0.1, -0.05) is 35.9 Å². The maximum atomic E-state index is 5.77. The number of hydrogen-bond donors (Lipinski definition) is 1. The molecule has 3 aromatic rings. The zero-order chi connectivity index (χ0) is 20.9. The van der Waals surface area contributed by atoms with E-state index in [-0.39, 0.29) is 6.79 Å². The maximum Gasteiger partial charge on any atom is 0.231 e. The van der Waals surface area contributed by atoms with E-state index in [0.717, 1.165) is 28.5 Å². The summed E-state index contributed by atoms with van der Waals surface area (Å²) in [5.74, 6) is 2.36. The molecule has 0 atom stereocenters. The average molecular weight is 421 g/mol. The molecule has 0 fully saturated rings. The van der Waals surface area contributed by atoms with E-state index in [1.807, 2.05) is 42.5 Å². The third kappa shape index (κ3) is 4.83. The van der Waals surface area contributed by atoms with Crippen LogP contribution in [-0.4, -0.2) is 23.9 Å². The Morgan fingerprint density at radius 3 is 2.33 bits per heavy atom. The van der Waals surface area contributed by atoms with Crippen molar-refractivity contribution in [1.29, 1.82) is 0 Å². The fourth-order valence-electron chi connectivity index (χ4n) is 3.25. The fourth-order valence-corrected chi connectivity index (χ4v) is 3.50. The molecule has 1 aliphatic rings. The number of thiocarbonyl (C=S) groups is 1. The second-order valence-corrected chi connectivity index (χ2v) is 7.57. The molecule has 3 aromatic carbocycles. The number of hydrogen-bond acceptors (Lipinski definition) is 4. The summed E-state index contributed by atoms with van der Waals surface area (Å²) in [5.41, 5.74) is 4.45. The van der Waals surface area contributed by atoms with Crippen molar-refractivity contribution in [3.05, 3.63) is 83.4 Å². The van der Waals surface area contributed by atoms with E-state index in [0.29, 0.717) is 18.2 Å². The van der Waals surface area contributed by atoms with Crippen molar-refractivity contribution in [1.82, 2.24) is 4.90 Å². The van der Waals surface area contributed by atoms with Crippen LogP contribution in [0.2, 0.25) is 0 Å². The number of rotatable bonds is 6. The van der Waals surface area contributed by atoms with Crippen molar-refractivity contribution in [3.63, 3.8) is 0 Å². The molecule has 1 heterocycles. The summed E-state index contributed by atoms with van der Waals surface area (Å²) in [4.78, 5) is 2.14. The molecule has 1 aliphatic heterocycles. The summed E-state index contributed by atoms with van der Waals surface area (Å²) in [6.07, 6.45) is 0. The predicted molar refractivity (Wildman–Crippen MR) is 122 cm³/mol. The van der Waals surface area contributed by atoms with Crippen molar-refractivity contribution in [2.24, 2.45) is 0 Å². The minimum absolute atomic E-state index is 0.267. The monoisotopic (exact) mass is 420 g/mol. The van der Waals surface area contributed by atoms with Crippen LogP contribution in [0.25, 0.3) is 0 Å². The zero-order valence-electron chi connectivity index (χ0n) is 17.1. The van der Waals surface area contributed by atoms with Gasteiger partial charge in [0.1, 0.15) is 5.75 Å². The second kappa shape index (κ2) is 9.05. The fraction of sp³-hybridized carbons (Fsp3) is 0.208. The van der Waals surface area contributed by atoms with E-state index < -0.39 is 0 Å². The highest BCUT2D eigenvalue weighted by Crippen LogP contribution is 2.33. The SMILES string of the molecule is COc1ccc(NC(=S)N(Cc2ccc(C)cc2)Cc2ccc3c(c2)OCO3)cc1. The Balaban J connectivity index is 1.53. The maximum absolute atomic E-state index is 5.77. The van der Waals surface area contributed by atoms with Gasteiger partial charge in [0, 0.05) is 18.8 Å². The molecule has 4 rings (SSSR count). The van der Waals surface area contributed by atoms with Crippen molar-refractivity contribution in [2.45, 2.75) is 20.0 Å². The lowest BCUT2D eigenvalue weighted by molar-refractivity contribution is 0.174. The van der Waals surface area contributed by atoms with Gasteiger partial charge in [0.05, 0.1) is 7.11 Å². The van der Waals surface area contributed by atoms with Gasteiger partial charge in [0.2, 0.25) is 6.79 Å². The first kappa shape index (κ1) is 20.0. The largest absolute Gasteiger partial charge is 0.497 e. The van der Waals surface area contributed by atoms with Crippen LogP contribution in [0.3, 0.4) is 0 Å². The highest BCUT2D eigenvalue weighted by molar-refractivity contribution is 7.80. The molecule has 0 amide bonds. The predicted octanol–water partition coefficient (Wildman–Crippen LogP) is 5.13. The van der Waals surface area contributed by atoms with E-state index in [9.17, 15) is 0 Å². The average Bonchev–Trinajstić information content (AvgIpc) is 3.23. The topological polar surface area (TPSA) is 43.0 Å². The van der Waals surface area contributed by atoms with E-state index in [1.165, 1.54) is 11.1 Å². The standard InChI is InChI=1S/C24H24N2O3S/c1-17-3-5-18(6-4-17)14-26(15-19-7-12-22-23(13-19)29-16-28-22)24(30)25-20-8-10-21(27-2)11-9-20/h3-13H,14-16H2,1-2H3,(H,25,30). The van der Waals surface area contributed by atoms with Crippen molar-refractivity contribution >= 4 is 23.0 Å².